The van der Waals surface area contributed by atoms with Crippen molar-refractivity contribution in [2.45, 2.75) is 52.9 Å². The standard InChI is InChI=1S/C21H24O4/c1-19(2,3)13-9-21(20(4,5)6)12-8-15-14(24-10-25-15)7-11(12)16(13)17(22)18(21)23/h7-9,16H,10H2,1-6H3/t16-,21-/m0/s1. The van der Waals surface area contributed by atoms with Crippen molar-refractivity contribution in [2.75, 3.05) is 6.79 Å². The molecule has 2 bridgehead atoms. The van der Waals surface area contributed by atoms with E-state index in [1.165, 1.54) is 0 Å². The minimum Gasteiger partial charge on any atom is -0.454 e. The predicted octanol–water partition coefficient (Wildman–Crippen LogP) is 3.92. The van der Waals surface area contributed by atoms with Crippen molar-refractivity contribution in [2.24, 2.45) is 10.8 Å². The lowest BCUT2D eigenvalue weighted by Crippen LogP contribution is -2.58. The predicted molar refractivity (Wildman–Crippen MR) is 94.0 cm³/mol. The van der Waals surface area contributed by atoms with Crippen molar-refractivity contribution < 1.29 is 19.1 Å². The van der Waals surface area contributed by atoms with Crippen LogP contribution in [0.15, 0.2) is 23.8 Å². The summed E-state index contributed by atoms with van der Waals surface area (Å²) < 4.78 is 11.1. The molecule has 0 saturated carbocycles. The highest BCUT2D eigenvalue weighted by molar-refractivity contribution is 6.46. The van der Waals surface area contributed by atoms with E-state index in [-0.39, 0.29) is 23.8 Å². The third-order valence-electron chi connectivity index (χ3n) is 5.86. The molecule has 0 amide bonds. The zero-order chi connectivity index (χ0) is 18.4. The summed E-state index contributed by atoms with van der Waals surface area (Å²) in [7, 11) is 0. The van der Waals surface area contributed by atoms with E-state index in [9.17, 15) is 9.59 Å². The Balaban J connectivity index is 2.12. The van der Waals surface area contributed by atoms with Crippen LogP contribution in [0, 0.1) is 10.8 Å². The van der Waals surface area contributed by atoms with Crippen LogP contribution >= 0.6 is 0 Å². The fourth-order valence-electron chi connectivity index (χ4n) is 4.51. The first-order valence-electron chi connectivity index (χ1n) is 8.74. The van der Waals surface area contributed by atoms with Crippen LogP contribution in [-0.2, 0) is 15.0 Å². The van der Waals surface area contributed by atoms with Crippen LogP contribution in [0.25, 0.3) is 0 Å². The molecular formula is C21H24O4. The average Bonchev–Trinajstić information content (AvgIpc) is 2.94. The number of Topliss-reactive ketones (excluding diaryl/α,β-unsaturated/α-hetero) is 2. The number of hydrogen-bond acceptors (Lipinski definition) is 4. The fraction of sp³-hybridized carbons (Fsp3) is 0.524. The summed E-state index contributed by atoms with van der Waals surface area (Å²) in [5, 5.41) is 0. The molecule has 0 N–H and O–H groups in total. The molecule has 2 atom stereocenters. The van der Waals surface area contributed by atoms with Gasteiger partial charge in [0.2, 0.25) is 18.4 Å². The molecule has 3 aliphatic carbocycles. The number of benzene rings is 1. The number of carbonyl (C=O) groups is 2. The highest BCUT2D eigenvalue weighted by atomic mass is 16.7. The van der Waals surface area contributed by atoms with Gasteiger partial charge in [-0.3, -0.25) is 9.59 Å². The molecule has 5 rings (SSSR count). The SMILES string of the molecule is CC(C)(C)C1=C[C@@]2(C(C)(C)C)C(=O)C(=O)[C@H]1c1cc3c(cc12)OCO3. The van der Waals surface area contributed by atoms with E-state index in [4.69, 9.17) is 9.47 Å². The van der Waals surface area contributed by atoms with E-state index in [1.807, 2.05) is 32.9 Å². The van der Waals surface area contributed by atoms with Gasteiger partial charge in [-0.15, -0.1) is 0 Å². The van der Waals surface area contributed by atoms with Crippen LogP contribution in [0.3, 0.4) is 0 Å². The zero-order valence-corrected chi connectivity index (χ0v) is 15.6. The van der Waals surface area contributed by atoms with Gasteiger partial charge in [-0.1, -0.05) is 53.2 Å². The lowest BCUT2D eigenvalue weighted by atomic mass is 9.48. The van der Waals surface area contributed by atoms with E-state index in [0.717, 1.165) is 16.7 Å². The third-order valence-corrected chi connectivity index (χ3v) is 5.86. The Bertz CT molecular complexity index is 848. The van der Waals surface area contributed by atoms with Gasteiger partial charge in [0.05, 0.1) is 11.3 Å². The minimum atomic E-state index is -0.961. The summed E-state index contributed by atoms with van der Waals surface area (Å²) in [4.78, 5) is 26.3. The van der Waals surface area contributed by atoms with Crippen molar-refractivity contribution in [3.8, 4) is 11.5 Å². The molecule has 0 radical (unpaired) electrons. The molecule has 1 aliphatic heterocycles. The van der Waals surface area contributed by atoms with Crippen molar-refractivity contribution >= 4 is 11.6 Å². The minimum absolute atomic E-state index is 0.173. The van der Waals surface area contributed by atoms with Gasteiger partial charge in [-0.05, 0) is 34.1 Å². The second-order valence-electron chi connectivity index (χ2n) is 9.33. The number of ether oxygens (including phenoxy) is 2. The van der Waals surface area contributed by atoms with Crippen molar-refractivity contribution in [3.63, 3.8) is 0 Å². The normalized spacial score (nSPS) is 27.4. The maximum absolute atomic E-state index is 13.2. The van der Waals surface area contributed by atoms with Gasteiger partial charge in [0.15, 0.2) is 11.5 Å². The molecular weight excluding hydrogens is 316 g/mol. The largest absolute Gasteiger partial charge is 0.454 e. The van der Waals surface area contributed by atoms with Crippen molar-refractivity contribution in [3.05, 3.63) is 34.9 Å². The van der Waals surface area contributed by atoms with Gasteiger partial charge in [-0.25, -0.2) is 0 Å². The lowest BCUT2D eigenvalue weighted by molar-refractivity contribution is -0.143. The third kappa shape index (κ3) is 1.88. The fourth-order valence-corrected chi connectivity index (χ4v) is 4.51. The first-order chi connectivity index (χ1) is 11.5. The number of ketones is 2. The van der Waals surface area contributed by atoms with Crippen LogP contribution in [0.4, 0.5) is 0 Å². The number of hydrogen-bond donors (Lipinski definition) is 0. The molecule has 1 aromatic carbocycles. The summed E-state index contributed by atoms with van der Waals surface area (Å²) in [6.07, 6.45) is 2.08. The molecule has 0 spiro atoms. The second kappa shape index (κ2) is 4.54. The van der Waals surface area contributed by atoms with Crippen LogP contribution in [0.2, 0.25) is 0 Å². The van der Waals surface area contributed by atoms with E-state index in [2.05, 4.69) is 26.8 Å². The molecule has 1 heterocycles. The van der Waals surface area contributed by atoms with Gasteiger partial charge < -0.3 is 9.47 Å². The topological polar surface area (TPSA) is 52.6 Å². The van der Waals surface area contributed by atoms with Crippen molar-refractivity contribution in [1.82, 2.24) is 0 Å². The Morgan fingerprint density at radius 1 is 1.00 bits per heavy atom. The number of allylic oxidation sites excluding steroid dienone is 2. The van der Waals surface area contributed by atoms with Crippen LogP contribution in [-0.4, -0.2) is 18.4 Å². The summed E-state index contributed by atoms with van der Waals surface area (Å²) in [5.41, 5.74) is 1.22. The van der Waals surface area contributed by atoms with Gasteiger partial charge in [0.25, 0.3) is 0 Å². The maximum Gasteiger partial charge on any atom is 0.231 e. The first kappa shape index (κ1) is 16.4. The van der Waals surface area contributed by atoms with Crippen LogP contribution in [0.1, 0.15) is 58.6 Å². The van der Waals surface area contributed by atoms with Crippen molar-refractivity contribution in [1.29, 1.82) is 0 Å². The quantitative estimate of drug-likeness (QED) is 0.530. The van der Waals surface area contributed by atoms with Gasteiger partial charge >= 0.3 is 0 Å². The van der Waals surface area contributed by atoms with Gasteiger partial charge in [0, 0.05) is 0 Å². The summed E-state index contributed by atoms with van der Waals surface area (Å²) in [6.45, 7) is 12.5. The summed E-state index contributed by atoms with van der Waals surface area (Å²) >= 11 is 0. The van der Waals surface area contributed by atoms with Gasteiger partial charge in [-0.2, -0.15) is 0 Å². The monoisotopic (exact) mass is 340 g/mol. The number of carbonyl (C=O) groups excluding carboxylic acids is 2. The number of fused-ring (bicyclic) bond motifs is 2. The first-order valence-corrected chi connectivity index (χ1v) is 8.74. The highest BCUT2D eigenvalue weighted by Gasteiger charge is 2.62. The number of rotatable bonds is 0. The molecule has 25 heavy (non-hydrogen) atoms. The lowest BCUT2D eigenvalue weighted by Gasteiger charge is -2.52. The molecule has 0 fully saturated rings. The Morgan fingerprint density at radius 3 is 2.16 bits per heavy atom. The molecule has 0 aromatic heterocycles. The van der Waals surface area contributed by atoms with Gasteiger partial charge in [0.1, 0.15) is 0 Å². The zero-order valence-electron chi connectivity index (χ0n) is 15.6. The molecule has 0 unspecified atom stereocenters. The molecule has 4 heteroatoms. The molecule has 4 nitrogen and oxygen atoms in total. The molecule has 0 saturated heterocycles. The molecule has 132 valence electrons. The average molecular weight is 340 g/mol. The Labute approximate surface area is 148 Å². The van der Waals surface area contributed by atoms with E-state index in [0.29, 0.717) is 11.5 Å². The second-order valence-corrected chi connectivity index (χ2v) is 9.33. The smallest absolute Gasteiger partial charge is 0.231 e. The van der Waals surface area contributed by atoms with E-state index < -0.39 is 16.7 Å². The van der Waals surface area contributed by atoms with E-state index >= 15 is 0 Å². The maximum atomic E-state index is 13.2. The van der Waals surface area contributed by atoms with Crippen LogP contribution in [0.5, 0.6) is 11.5 Å². The Hall–Kier alpha value is -2.10. The summed E-state index contributed by atoms with van der Waals surface area (Å²) in [5.74, 6) is 0.198. The molecule has 1 aromatic rings. The van der Waals surface area contributed by atoms with Crippen LogP contribution < -0.4 is 9.47 Å². The van der Waals surface area contributed by atoms with E-state index in [1.54, 1.807) is 0 Å². The Kier molecular flexibility index (Phi) is 2.97. The Morgan fingerprint density at radius 2 is 1.60 bits per heavy atom. The molecule has 4 aliphatic rings. The summed E-state index contributed by atoms with van der Waals surface area (Å²) in [6, 6.07) is 3.82. The highest BCUT2D eigenvalue weighted by Crippen LogP contribution is 2.60.